The number of carbonyl (C=O) groups excluding carboxylic acids is 2. The molecule has 3 rings (SSSR count). The summed E-state index contributed by atoms with van der Waals surface area (Å²) in [7, 11) is 0. The number of Topliss-reactive ketones (excluding diaryl/α,β-unsaturated/α-hetero) is 2. The molecule has 0 bridgehead atoms. The molecule has 0 atom stereocenters. The molecule has 2 aromatic rings. The second-order valence-corrected chi connectivity index (χ2v) is 4.82. The van der Waals surface area contributed by atoms with Crippen LogP contribution in [0.3, 0.4) is 0 Å². The summed E-state index contributed by atoms with van der Waals surface area (Å²) in [4.78, 5) is 63.7. The highest BCUT2D eigenvalue weighted by molar-refractivity contribution is 6.52. The summed E-state index contributed by atoms with van der Waals surface area (Å²) in [6.45, 7) is 0. The molecule has 1 aliphatic rings. The van der Waals surface area contributed by atoms with E-state index in [0.717, 1.165) is 12.1 Å². The lowest BCUT2D eigenvalue weighted by Crippen LogP contribution is -2.25. The maximum absolute atomic E-state index is 12.1. The molecule has 0 unspecified atom stereocenters. The van der Waals surface area contributed by atoms with Crippen LogP contribution in [-0.4, -0.2) is 54.8 Å². The van der Waals surface area contributed by atoms with Gasteiger partial charge in [-0.25, -0.2) is 19.4 Å². The number of carboxylic acid groups (broad SMARTS) is 3. The predicted octanol–water partition coefficient (Wildman–Crippen LogP) is 0.927. The van der Waals surface area contributed by atoms with Crippen molar-refractivity contribution in [2.45, 2.75) is 0 Å². The molecule has 0 aliphatic heterocycles. The van der Waals surface area contributed by atoms with Gasteiger partial charge in [0.05, 0.1) is 16.8 Å². The molecule has 11 nitrogen and oxygen atoms in total. The fraction of sp³-hybridized carbons (Fsp3) is 0. The average molecular weight is 348 g/mol. The summed E-state index contributed by atoms with van der Waals surface area (Å²) in [5, 5.41) is 27.3. The number of hydrogen-bond donors (Lipinski definition) is 5. The van der Waals surface area contributed by atoms with Gasteiger partial charge in [0, 0.05) is 5.56 Å². The van der Waals surface area contributed by atoms with E-state index in [4.69, 9.17) is 10.2 Å². The normalized spacial score (nSPS) is 12.0. The molecular weight excluding hydrogens is 338 g/mol. The summed E-state index contributed by atoms with van der Waals surface area (Å²) in [6.07, 6.45) is 0. The number of carboxylic acids is 3. The van der Waals surface area contributed by atoms with E-state index in [1.807, 2.05) is 0 Å². The van der Waals surface area contributed by atoms with Crippen molar-refractivity contribution < 1.29 is 39.3 Å². The summed E-state index contributed by atoms with van der Waals surface area (Å²) >= 11 is 0. The lowest BCUT2D eigenvalue weighted by molar-refractivity contribution is 0.0677. The molecule has 128 valence electrons. The van der Waals surface area contributed by atoms with E-state index in [1.54, 1.807) is 0 Å². The van der Waals surface area contributed by atoms with Crippen LogP contribution in [0.1, 0.15) is 52.2 Å². The lowest BCUT2D eigenvalue weighted by atomic mass is 9.88. The summed E-state index contributed by atoms with van der Waals surface area (Å²) in [5.41, 5.74) is -3.21. The standard InChI is InChI=1S/C14H6N2O8.H3N/c17-10-4-2-6(14(23)24)15-8(4)7-3(12(19)20)1-5(13(21)22)16-9(7)11(10)18;/h1-2,15H,(H,19,20)(H,21,22)(H,23,24);1H3/p+1. The van der Waals surface area contributed by atoms with Crippen LogP contribution in [0.15, 0.2) is 12.1 Å². The summed E-state index contributed by atoms with van der Waals surface area (Å²) in [5.74, 6) is -6.87. The van der Waals surface area contributed by atoms with Crippen molar-refractivity contribution in [3.63, 3.8) is 0 Å². The highest BCUT2D eigenvalue weighted by atomic mass is 16.4. The molecule has 8 N–H and O–H groups in total. The lowest BCUT2D eigenvalue weighted by Gasteiger charge is -2.16. The number of rotatable bonds is 3. The number of carbonyl (C=O) groups is 5. The Morgan fingerprint density at radius 1 is 0.920 bits per heavy atom. The Bertz CT molecular complexity index is 988. The molecule has 0 radical (unpaired) electrons. The molecule has 2 heterocycles. The van der Waals surface area contributed by atoms with Crippen molar-refractivity contribution in [1.29, 1.82) is 0 Å². The topological polar surface area (TPSA) is 211 Å². The number of ketones is 2. The summed E-state index contributed by atoms with van der Waals surface area (Å²) in [6, 6.07) is 1.65. The van der Waals surface area contributed by atoms with E-state index in [9.17, 15) is 29.1 Å². The van der Waals surface area contributed by atoms with Crippen LogP contribution in [0.4, 0.5) is 0 Å². The van der Waals surface area contributed by atoms with E-state index >= 15 is 0 Å². The Labute approximate surface area is 137 Å². The second-order valence-electron chi connectivity index (χ2n) is 4.82. The van der Waals surface area contributed by atoms with Gasteiger partial charge in [0.2, 0.25) is 5.78 Å². The fourth-order valence-corrected chi connectivity index (χ4v) is 2.42. The van der Waals surface area contributed by atoms with E-state index in [2.05, 4.69) is 9.97 Å². The Hall–Kier alpha value is -3.86. The molecule has 1 aliphatic carbocycles. The largest absolute Gasteiger partial charge is 0.478 e. The van der Waals surface area contributed by atoms with Gasteiger partial charge in [0.15, 0.2) is 0 Å². The van der Waals surface area contributed by atoms with Crippen molar-refractivity contribution in [2.24, 2.45) is 0 Å². The number of hydrogen-bond acceptors (Lipinski definition) is 6. The third kappa shape index (κ3) is 2.44. The highest BCUT2D eigenvalue weighted by Crippen LogP contribution is 2.35. The Balaban J connectivity index is 0.00000225. The number of aromatic nitrogens is 2. The number of H-pyrrole nitrogens is 1. The van der Waals surface area contributed by atoms with Gasteiger partial charge in [-0.3, -0.25) is 9.59 Å². The molecule has 0 saturated carbocycles. The van der Waals surface area contributed by atoms with E-state index < -0.39 is 52.1 Å². The van der Waals surface area contributed by atoms with E-state index in [0.29, 0.717) is 0 Å². The third-order valence-corrected chi connectivity index (χ3v) is 3.43. The quantitative estimate of drug-likeness (QED) is 0.498. The molecule has 0 spiro atoms. The van der Waals surface area contributed by atoms with Crippen LogP contribution in [0.2, 0.25) is 0 Å². The predicted molar refractivity (Wildman–Crippen MR) is 79.5 cm³/mol. The zero-order chi connectivity index (χ0) is 17.8. The van der Waals surface area contributed by atoms with Gasteiger partial charge in [-0.1, -0.05) is 0 Å². The molecule has 2 aromatic heterocycles. The maximum atomic E-state index is 12.1. The molecule has 0 amide bonds. The minimum atomic E-state index is -1.58. The first-order chi connectivity index (χ1) is 11.2. The van der Waals surface area contributed by atoms with Crippen LogP contribution in [-0.2, 0) is 0 Å². The number of fused-ring (bicyclic) bond motifs is 3. The Morgan fingerprint density at radius 2 is 1.56 bits per heavy atom. The van der Waals surface area contributed by atoms with Crippen molar-refractivity contribution >= 4 is 29.5 Å². The van der Waals surface area contributed by atoms with Crippen LogP contribution in [0.5, 0.6) is 0 Å². The smallest absolute Gasteiger partial charge is 0.354 e. The van der Waals surface area contributed by atoms with Crippen molar-refractivity contribution in [3.05, 3.63) is 40.3 Å². The van der Waals surface area contributed by atoms with Crippen LogP contribution < -0.4 is 6.15 Å². The number of aromatic carboxylic acids is 3. The first kappa shape index (κ1) is 17.5. The monoisotopic (exact) mass is 348 g/mol. The molecular formula is C14H10N3O8+. The average Bonchev–Trinajstić information content (AvgIpc) is 2.96. The van der Waals surface area contributed by atoms with Gasteiger partial charge < -0.3 is 26.5 Å². The SMILES string of the molecule is O=C(O)c1cc(C(=O)O)c2c(n1)C(=O)C(=O)c1cc(C(=O)O)[nH]c1-2.[NH4+]. The van der Waals surface area contributed by atoms with Gasteiger partial charge in [0.1, 0.15) is 17.1 Å². The van der Waals surface area contributed by atoms with Gasteiger partial charge in [-0.15, -0.1) is 0 Å². The van der Waals surface area contributed by atoms with Crippen LogP contribution in [0.25, 0.3) is 11.3 Å². The van der Waals surface area contributed by atoms with Gasteiger partial charge in [-0.05, 0) is 12.1 Å². The van der Waals surface area contributed by atoms with Gasteiger partial charge in [-0.2, -0.15) is 0 Å². The molecule has 0 fully saturated rings. The van der Waals surface area contributed by atoms with Crippen molar-refractivity contribution in [3.8, 4) is 11.3 Å². The van der Waals surface area contributed by atoms with Crippen LogP contribution in [0, 0.1) is 0 Å². The van der Waals surface area contributed by atoms with E-state index in [1.165, 1.54) is 0 Å². The minimum absolute atomic E-state index is 0. The van der Waals surface area contributed by atoms with E-state index in [-0.39, 0.29) is 23.0 Å². The van der Waals surface area contributed by atoms with Gasteiger partial charge >= 0.3 is 17.9 Å². The second kappa shape index (κ2) is 5.65. The molecule has 11 heteroatoms. The molecule has 25 heavy (non-hydrogen) atoms. The maximum Gasteiger partial charge on any atom is 0.354 e. The Morgan fingerprint density at radius 3 is 2.08 bits per heavy atom. The zero-order valence-corrected chi connectivity index (χ0v) is 12.5. The highest BCUT2D eigenvalue weighted by Gasteiger charge is 2.38. The fourth-order valence-electron chi connectivity index (χ4n) is 2.42. The minimum Gasteiger partial charge on any atom is -0.478 e. The Kier molecular flexibility index (Phi) is 3.95. The summed E-state index contributed by atoms with van der Waals surface area (Å²) < 4.78 is 0. The third-order valence-electron chi connectivity index (χ3n) is 3.43. The number of nitrogens with one attached hydrogen (secondary N) is 1. The number of quaternary nitrogens is 1. The number of aromatic amines is 1. The molecule has 0 aromatic carbocycles. The number of nitrogens with zero attached hydrogens (tertiary/aromatic N) is 1. The first-order valence-corrected chi connectivity index (χ1v) is 6.29. The molecule has 0 saturated heterocycles. The van der Waals surface area contributed by atoms with Crippen LogP contribution >= 0.6 is 0 Å². The number of pyridine rings is 1. The first-order valence-electron chi connectivity index (χ1n) is 6.29. The van der Waals surface area contributed by atoms with Gasteiger partial charge in [0.25, 0.3) is 5.78 Å². The van der Waals surface area contributed by atoms with Crippen molar-refractivity contribution in [2.75, 3.05) is 0 Å². The zero-order valence-electron chi connectivity index (χ0n) is 12.5. The van der Waals surface area contributed by atoms with Crippen molar-refractivity contribution in [1.82, 2.24) is 16.1 Å².